The number of hydrogen-bond acceptors (Lipinski definition) is 4. The maximum atomic E-state index is 11.2. The highest BCUT2D eigenvalue weighted by Gasteiger charge is 2.19. The molecule has 1 N–H and O–H groups in total. The Morgan fingerprint density at radius 1 is 1.33 bits per heavy atom. The molecule has 0 bridgehead atoms. The number of aliphatic imine (C=N–C) groups is 1. The van der Waals surface area contributed by atoms with Gasteiger partial charge in [-0.3, -0.25) is 0 Å². The first-order chi connectivity index (χ1) is 7.15. The monoisotopic (exact) mass is 203 g/mol. The summed E-state index contributed by atoms with van der Waals surface area (Å²) in [4.78, 5) is 15.1. The van der Waals surface area contributed by atoms with Gasteiger partial charge in [0.05, 0.1) is 0 Å². The number of nitrogens with zero attached hydrogens (tertiary/aromatic N) is 1. The van der Waals surface area contributed by atoms with Gasteiger partial charge >= 0.3 is 5.97 Å². The van der Waals surface area contributed by atoms with Gasteiger partial charge in [0, 0.05) is 6.92 Å². The number of aromatic hydroxyl groups is 1. The van der Waals surface area contributed by atoms with E-state index in [2.05, 4.69) is 4.99 Å². The van der Waals surface area contributed by atoms with Crippen molar-refractivity contribution in [2.45, 2.75) is 6.92 Å². The SMILES string of the molecule is CC1=N/C(=C/c2ccc(O)cc2)C(=O)O1. The molecule has 0 saturated heterocycles. The van der Waals surface area contributed by atoms with Crippen LogP contribution in [0.4, 0.5) is 0 Å². The molecule has 2 rings (SSSR count). The van der Waals surface area contributed by atoms with Gasteiger partial charge in [-0.05, 0) is 23.8 Å². The Hall–Kier alpha value is -2.10. The van der Waals surface area contributed by atoms with E-state index in [1.165, 1.54) is 0 Å². The number of cyclic esters (lactones) is 1. The van der Waals surface area contributed by atoms with E-state index < -0.39 is 5.97 Å². The molecule has 0 atom stereocenters. The summed E-state index contributed by atoms with van der Waals surface area (Å²) in [7, 11) is 0. The van der Waals surface area contributed by atoms with Gasteiger partial charge in [-0.25, -0.2) is 9.79 Å². The van der Waals surface area contributed by atoms with Gasteiger partial charge in [0.25, 0.3) is 0 Å². The van der Waals surface area contributed by atoms with E-state index in [1.807, 2.05) is 0 Å². The summed E-state index contributed by atoms with van der Waals surface area (Å²) in [5, 5.41) is 9.07. The fraction of sp³-hybridized carbons (Fsp3) is 0.0909. The lowest BCUT2D eigenvalue weighted by Crippen LogP contribution is -1.99. The standard InChI is InChI=1S/C11H9NO3/c1-7-12-10(11(14)15-7)6-8-2-4-9(13)5-3-8/h2-6,13H,1H3/b10-6+. The zero-order chi connectivity index (χ0) is 10.8. The van der Waals surface area contributed by atoms with Crippen LogP contribution in [0.5, 0.6) is 5.75 Å². The van der Waals surface area contributed by atoms with Gasteiger partial charge in [0.15, 0.2) is 11.6 Å². The molecule has 76 valence electrons. The smallest absolute Gasteiger partial charge is 0.363 e. The third-order valence-corrected chi connectivity index (χ3v) is 1.92. The van der Waals surface area contributed by atoms with Gasteiger partial charge < -0.3 is 9.84 Å². The number of phenols is 1. The van der Waals surface area contributed by atoms with E-state index in [9.17, 15) is 4.79 Å². The molecule has 0 unspecified atom stereocenters. The van der Waals surface area contributed by atoms with Crippen molar-refractivity contribution in [3.8, 4) is 5.75 Å². The third-order valence-electron chi connectivity index (χ3n) is 1.92. The third kappa shape index (κ3) is 2.04. The summed E-state index contributed by atoms with van der Waals surface area (Å²) in [5.74, 6) is 0.0939. The maximum absolute atomic E-state index is 11.2. The summed E-state index contributed by atoms with van der Waals surface area (Å²) in [6, 6.07) is 6.48. The van der Waals surface area contributed by atoms with E-state index in [0.717, 1.165) is 5.56 Å². The van der Waals surface area contributed by atoms with E-state index >= 15 is 0 Å². The molecule has 0 fully saturated rings. The van der Waals surface area contributed by atoms with Crippen molar-refractivity contribution >= 4 is 17.9 Å². The fourth-order valence-electron chi connectivity index (χ4n) is 1.24. The molecular formula is C11H9NO3. The summed E-state index contributed by atoms with van der Waals surface area (Å²) in [6.07, 6.45) is 1.61. The van der Waals surface area contributed by atoms with Crippen LogP contribution in [0, 0.1) is 0 Å². The number of carbonyl (C=O) groups excluding carboxylic acids is 1. The zero-order valence-corrected chi connectivity index (χ0v) is 8.10. The van der Waals surface area contributed by atoms with Crippen molar-refractivity contribution in [3.05, 3.63) is 35.5 Å². The van der Waals surface area contributed by atoms with Crippen LogP contribution in [-0.2, 0) is 9.53 Å². The van der Waals surface area contributed by atoms with Gasteiger partial charge in [0.2, 0.25) is 0 Å². The largest absolute Gasteiger partial charge is 0.508 e. The highest BCUT2D eigenvalue weighted by Crippen LogP contribution is 2.17. The molecule has 0 aliphatic carbocycles. The minimum absolute atomic E-state index is 0.186. The van der Waals surface area contributed by atoms with Crippen LogP contribution in [-0.4, -0.2) is 17.0 Å². The number of ether oxygens (including phenoxy) is 1. The van der Waals surface area contributed by atoms with Gasteiger partial charge in [-0.2, -0.15) is 0 Å². The van der Waals surface area contributed by atoms with Crippen molar-refractivity contribution in [1.82, 2.24) is 0 Å². The summed E-state index contributed by atoms with van der Waals surface area (Å²) >= 11 is 0. The summed E-state index contributed by atoms with van der Waals surface area (Å²) in [6.45, 7) is 1.62. The van der Waals surface area contributed by atoms with Crippen LogP contribution in [0.3, 0.4) is 0 Å². The minimum atomic E-state index is -0.444. The molecule has 0 saturated carbocycles. The zero-order valence-electron chi connectivity index (χ0n) is 8.10. The first-order valence-corrected chi connectivity index (χ1v) is 4.43. The molecule has 1 aliphatic heterocycles. The quantitative estimate of drug-likeness (QED) is 0.558. The molecule has 0 aromatic heterocycles. The average Bonchev–Trinajstić information content (AvgIpc) is 2.49. The fourth-order valence-corrected chi connectivity index (χ4v) is 1.24. The lowest BCUT2D eigenvalue weighted by molar-refractivity contribution is -0.130. The number of rotatable bonds is 1. The van der Waals surface area contributed by atoms with Crippen molar-refractivity contribution in [3.63, 3.8) is 0 Å². The Bertz CT molecular complexity index is 457. The van der Waals surface area contributed by atoms with Gasteiger partial charge in [-0.1, -0.05) is 12.1 Å². The van der Waals surface area contributed by atoms with E-state index in [1.54, 1.807) is 37.3 Å². The predicted octanol–water partition coefficient (Wildman–Crippen LogP) is 1.71. The van der Waals surface area contributed by atoms with E-state index in [4.69, 9.17) is 9.84 Å². The number of carbonyl (C=O) groups is 1. The van der Waals surface area contributed by atoms with Crippen LogP contribution in [0.25, 0.3) is 6.08 Å². The number of phenolic OH excluding ortho intramolecular Hbond substituents is 1. The molecule has 4 nitrogen and oxygen atoms in total. The summed E-state index contributed by atoms with van der Waals surface area (Å²) in [5.41, 5.74) is 1.07. The summed E-state index contributed by atoms with van der Waals surface area (Å²) < 4.78 is 4.76. The Morgan fingerprint density at radius 3 is 2.53 bits per heavy atom. The first-order valence-electron chi connectivity index (χ1n) is 4.43. The topological polar surface area (TPSA) is 58.9 Å². The molecule has 1 aliphatic rings. The van der Waals surface area contributed by atoms with Gasteiger partial charge in [0.1, 0.15) is 5.75 Å². The molecule has 0 spiro atoms. The van der Waals surface area contributed by atoms with Crippen LogP contribution in [0.15, 0.2) is 35.0 Å². The number of benzene rings is 1. The molecule has 1 heterocycles. The second-order valence-electron chi connectivity index (χ2n) is 3.14. The van der Waals surface area contributed by atoms with Gasteiger partial charge in [-0.15, -0.1) is 0 Å². The Balaban J connectivity index is 2.31. The number of hydrogen-bond donors (Lipinski definition) is 1. The molecule has 0 radical (unpaired) electrons. The second-order valence-corrected chi connectivity index (χ2v) is 3.14. The average molecular weight is 203 g/mol. The second kappa shape index (κ2) is 3.57. The van der Waals surface area contributed by atoms with Crippen molar-refractivity contribution in [2.75, 3.05) is 0 Å². The molecular weight excluding hydrogens is 194 g/mol. The molecule has 15 heavy (non-hydrogen) atoms. The lowest BCUT2D eigenvalue weighted by Gasteiger charge is -1.94. The highest BCUT2D eigenvalue weighted by atomic mass is 16.6. The number of esters is 1. The predicted molar refractivity (Wildman–Crippen MR) is 55.3 cm³/mol. The van der Waals surface area contributed by atoms with Crippen molar-refractivity contribution < 1.29 is 14.6 Å². The van der Waals surface area contributed by atoms with Crippen LogP contribution in [0.1, 0.15) is 12.5 Å². The van der Waals surface area contributed by atoms with Crippen LogP contribution in [0.2, 0.25) is 0 Å². The molecule has 0 amide bonds. The van der Waals surface area contributed by atoms with E-state index in [-0.39, 0.29) is 11.4 Å². The highest BCUT2D eigenvalue weighted by molar-refractivity contribution is 6.06. The Labute approximate surface area is 86.5 Å². The molecule has 4 heteroatoms. The van der Waals surface area contributed by atoms with Crippen LogP contribution < -0.4 is 0 Å². The first kappa shape index (κ1) is 9.45. The van der Waals surface area contributed by atoms with Crippen molar-refractivity contribution in [1.29, 1.82) is 0 Å². The van der Waals surface area contributed by atoms with Crippen LogP contribution >= 0.6 is 0 Å². The minimum Gasteiger partial charge on any atom is -0.508 e. The maximum Gasteiger partial charge on any atom is 0.363 e. The molecule has 1 aromatic rings. The normalized spacial score (nSPS) is 17.8. The molecule has 1 aromatic carbocycles. The van der Waals surface area contributed by atoms with E-state index in [0.29, 0.717) is 5.90 Å². The lowest BCUT2D eigenvalue weighted by atomic mass is 10.2. The Morgan fingerprint density at radius 2 is 2.00 bits per heavy atom. The van der Waals surface area contributed by atoms with Crippen molar-refractivity contribution in [2.24, 2.45) is 4.99 Å². The Kier molecular flexibility index (Phi) is 2.25.